The summed E-state index contributed by atoms with van der Waals surface area (Å²) in [7, 11) is 3.16. The maximum Gasteiger partial charge on any atom is 0.255 e. The van der Waals surface area contributed by atoms with E-state index in [1.54, 1.807) is 43.4 Å². The third kappa shape index (κ3) is 4.96. The summed E-state index contributed by atoms with van der Waals surface area (Å²) in [5, 5.41) is 3.42. The van der Waals surface area contributed by atoms with Crippen molar-refractivity contribution in [3.8, 4) is 11.5 Å². The van der Waals surface area contributed by atoms with E-state index in [1.165, 1.54) is 0 Å². The summed E-state index contributed by atoms with van der Waals surface area (Å²) in [6.07, 6.45) is 0. The van der Waals surface area contributed by atoms with E-state index >= 15 is 0 Å². The smallest absolute Gasteiger partial charge is 0.255 e. The fourth-order valence-electron chi connectivity index (χ4n) is 4.00. The molecule has 2 atom stereocenters. The van der Waals surface area contributed by atoms with Gasteiger partial charge in [-0.3, -0.25) is 9.59 Å². The number of nitrogens with one attached hydrogen (secondary N) is 1. The highest BCUT2D eigenvalue weighted by molar-refractivity contribution is 6.33. The third-order valence-electron chi connectivity index (χ3n) is 5.57. The molecule has 166 valence electrons. The number of hydrogen-bond acceptors (Lipinski definition) is 4. The molecule has 0 radical (unpaired) electrons. The third-order valence-corrected chi connectivity index (χ3v) is 5.90. The summed E-state index contributed by atoms with van der Waals surface area (Å²) in [6, 6.07) is 12.6. The molecule has 2 amide bonds. The molecule has 1 aliphatic heterocycles. The van der Waals surface area contributed by atoms with Gasteiger partial charge in [-0.15, -0.1) is 0 Å². The van der Waals surface area contributed by atoms with Crippen LogP contribution in [-0.2, 0) is 4.79 Å². The minimum Gasteiger partial charge on any atom is -0.493 e. The fourth-order valence-corrected chi connectivity index (χ4v) is 4.21. The Balaban J connectivity index is 1.96. The van der Waals surface area contributed by atoms with Crippen LogP contribution < -0.4 is 14.8 Å². The maximum atomic E-state index is 13.2. The summed E-state index contributed by atoms with van der Waals surface area (Å²) in [5.74, 6) is 0.612. The Kier molecular flexibility index (Phi) is 7.44. The molecule has 1 fully saturated rings. The molecule has 0 saturated carbocycles. The van der Waals surface area contributed by atoms with Crippen LogP contribution in [0.1, 0.15) is 35.7 Å². The average molecular weight is 445 g/mol. The minimum absolute atomic E-state index is 0.0713. The molecule has 1 aliphatic rings. The zero-order chi connectivity index (χ0) is 22.5. The quantitative estimate of drug-likeness (QED) is 0.701. The van der Waals surface area contributed by atoms with E-state index in [9.17, 15) is 9.59 Å². The van der Waals surface area contributed by atoms with Gasteiger partial charge in [-0.1, -0.05) is 49.7 Å². The lowest BCUT2D eigenvalue weighted by atomic mass is 9.87. The van der Waals surface area contributed by atoms with Crippen LogP contribution in [0.4, 0.5) is 0 Å². The van der Waals surface area contributed by atoms with E-state index in [0.29, 0.717) is 47.6 Å². The van der Waals surface area contributed by atoms with E-state index in [2.05, 4.69) is 5.32 Å². The molecule has 0 aromatic heterocycles. The van der Waals surface area contributed by atoms with E-state index in [1.807, 2.05) is 32.0 Å². The van der Waals surface area contributed by atoms with Crippen LogP contribution in [0.25, 0.3) is 0 Å². The van der Waals surface area contributed by atoms with Gasteiger partial charge in [0.05, 0.1) is 30.7 Å². The van der Waals surface area contributed by atoms with Gasteiger partial charge in [0.25, 0.3) is 5.91 Å². The van der Waals surface area contributed by atoms with Crippen molar-refractivity contribution < 1.29 is 19.1 Å². The summed E-state index contributed by atoms with van der Waals surface area (Å²) in [4.78, 5) is 28.0. The number of ether oxygens (including phenoxy) is 2. The van der Waals surface area contributed by atoms with Crippen molar-refractivity contribution in [3.63, 3.8) is 0 Å². The van der Waals surface area contributed by atoms with Crippen LogP contribution in [0.5, 0.6) is 11.5 Å². The first kappa shape index (κ1) is 22.9. The Bertz CT molecular complexity index is 947. The lowest BCUT2D eigenvalue weighted by Gasteiger charge is -2.22. The van der Waals surface area contributed by atoms with Crippen molar-refractivity contribution in [2.75, 3.05) is 33.9 Å². The van der Waals surface area contributed by atoms with Crippen molar-refractivity contribution in [2.24, 2.45) is 11.8 Å². The summed E-state index contributed by atoms with van der Waals surface area (Å²) < 4.78 is 11.1. The number of para-hydroxylation sites is 1. The summed E-state index contributed by atoms with van der Waals surface area (Å²) >= 11 is 6.26. The maximum absolute atomic E-state index is 13.2. The second-order valence-electron chi connectivity index (χ2n) is 8.12. The molecular formula is C24H29ClN2O4. The monoisotopic (exact) mass is 444 g/mol. The molecule has 6 nitrogen and oxygen atoms in total. The van der Waals surface area contributed by atoms with Gasteiger partial charge < -0.3 is 19.7 Å². The van der Waals surface area contributed by atoms with Gasteiger partial charge in [-0.25, -0.2) is 0 Å². The molecule has 2 aromatic rings. The highest BCUT2D eigenvalue weighted by atomic mass is 35.5. The number of methoxy groups -OCH3 is 2. The van der Waals surface area contributed by atoms with Gasteiger partial charge in [-0.05, 0) is 24.1 Å². The zero-order valence-electron chi connectivity index (χ0n) is 18.4. The van der Waals surface area contributed by atoms with Gasteiger partial charge >= 0.3 is 0 Å². The lowest BCUT2D eigenvalue weighted by molar-refractivity contribution is -0.125. The molecule has 1 N–H and O–H groups in total. The van der Waals surface area contributed by atoms with Crippen LogP contribution in [0, 0.1) is 11.8 Å². The first-order valence-corrected chi connectivity index (χ1v) is 10.8. The van der Waals surface area contributed by atoms with Crippen LogP contribution in [0.15, 0.2) is 42.5 Å². The number of nitrogens with zero attached hydrogens (tertiary/aromatic N) is 1. The number of halogens is 1. The summed E-state index contributed by atoms with van der Waals surface area (Å²) in [6.45, 7) is 5.36. The average Bonchev–Trinajstić information content (AvgIpc) is 3.22. The number of likely N-dealkylation sites (tertiary alicyclic amines) is 1. The normalized spacial score (nSPS) is 18.2. The fraction of sp³-hybridized carbons (Fsp3) is 0.417. The highest BCUT2D eigenvalue weighted by Crippen LogP contribution is 2.42. The van der Waals surface area contributed by atoms with Crippen molar-refractivity contribution in [2.45, 2.75) is 19.8 Å². The van der Waals surface area contributed by atoms with Gasteiger partial charge in [0, 0.05) is 31.1 Å². The molecule has 1 saturated heterocycles. The molecular weight excluding hydrogens is 416 g/mol. The molecule has 7 heteroatoms. The Labute approximate surface area is 188 Å². The largest absolute Gasteiger partial charge is 0.493 e. The molecule has 0 spiro atoms. The van der Waals surface area contributed by atoms with Crippen molar-refractivity contribution >= 4 is 23.4 Å². The van der Waals surface area contributed by atoms with E-state index in [-0.39, 0.29) is 17.7 Å². The number of benzene rings is 2. The zero-order valence-corrected chi connectivity index (χ0v) is 19.1. The standard InChI is InChI=1S/C24H29ClN2O4/c1-15(2)12-26-23(28)19-14-27(24(29)17-8-5-6-10-20(17)25)13-18(19)16-9-7-11-21(30-3)22(16)31-4/h5-11,15,18-19H,12-14H2,1-4H3,(H,26,28)/t18-,19-/m0/s1. The molecule has 3 rings (SSSR count). The molecule has 31 heavy (non-hydrogen) atoms. The van der Waals surface area contributed by atoms with Crippen molar-refractivity contribution in [1.29, 1.82) is 0 Å². The van der Waals surface area contributed by atoms with E-state index < -0.39 is 5.92 Å². The molecule has 0 aliphatic carbocycles. The minimum atomic E-state index is -0.411. The summed E-state index contributed by atoms with van der Waals surface area (Å²) in [5.41, 5.74) is 1.28. The van der Waals surface area contributed by atoms with Gasteiger partial charge in [0.1, 0.15) is 0 Å². The van der Waals surface area contributed by atoms with Gasteiger partial charge in [0.15, 0.2) is 11.5 Å². The van der Waals surface area contributed by atoms with Gasteiger partial charge in [-0.2, -0.15) is 0 Å². The van der Waals surface area contributed by atoms with Crippen molar-refractivity contribution in [3.05, 3.63) is 58.6 Å². The first-order chi connectivity index (χ1) is 14.9. The Morgan fingerprint density at radius 2 is 1.84 bits per heavy atom. The van der Waals surface area contributed by atoms with E-state index in [4.69, 9.17) is 21.1 Å². The number of rotatable bonds is 7. The number of amides is 2. The second-order valence-corrected chi connectivity index (χ2v) is 8.53. The SMILES string of the molecule is COc1cccc([C@@H]2CN(C(=O)c3ccccc3Cl)C[C@@H]2C(=O)NCC(C)C)c1OC. The second kappa shape index (κ2) is 10.1. The van der Waals surface area contributed by atoms with Crippen molar-refractivity contribution in [1.82, 2.24) is 10.2 Å². The predicted molar refractivity (Wildman–Crippen MR) is 121 cm³/mol. The Morgan fingerprint density at radius 3 is 2.48 bits per heavy atom. The van der Waals surface area contributed by atoms with Gasteiger partial charge in [0.2, 0.25) is 5.91 Å². The van der Waals surface area contributed by atoms with Crippen LogP contribution in [0.2, 0.25) is 5.02 Å². The molecule has 0 unspecified atom stereocenters. The van der Waals surface area contributed by atoms with Crippen LogP contribution in [0.3, 0.4) is 0 Å². The highest BCUT2D eigenvalue weighted by Gasteiger charge is 2.42. The molecule has 1 heterocycles. The number of carbonyl (C=O) groups is 2. The number of hydrogen-bond donors (Lipinski definition) is 1. The topological polar surface area (TPSA) is 67.9 Å². The lowest BCUT2D eigenvalue weighted by Crippen LogP contribution is -2.37. The number of carbonyl (C=O) groups excluding carboxylic acids is 2. The molecule has 0 bridgehead atoms. The van der Waals surface area contributed by atoms with Crippen LogP contribution in [-0.4, -0.2) is 50.6 Å². The van der Waals surface area contributed by atoms with E-state index in [0.717, 1.165) is 5.56 Å². The first-order valence-electron chi connectivity index (χ1n) is 10.4. The molecule has 2 aromatic carbocycles. The Hall–Kier alpha value is -2.73. The Morgan fingerprint density at radius 1 is 1.10 bits per heavy atom. The van der Waals surface area contributed by atoms with Crippen LogP contribution >= 0.6 is 11.6 Å². The predicted octanol–water partition coefficient (Wildman–Crippen LogP) is 3.99.